The molecule has 1 saturated carbocycles. The topological polar surface area (TPSA) is 62.5 Å². The summed E-state index contributed by atoms with van der Waals surface area (Å²) in [5.74, 6) is 1.70. The number of hydrogen-bond acceptors (Lipinski definition) is 4. The lowest BCUT2D eigenvalue weighted by Gasteiger charge is -2.28. The summed E-state index contributed by atoms with van der Waals surface area (Å²) in [6.07, 6.45) is 1.59. The Hall–Kier alpha value is -1.73. The van der Waals surface area contributed by atoms with Gasteiger partial charge in [0.2, 0.25) is 0 Å². The molecule has 3 atom stereocenters. The van der Waals surface area contributed by atoms with Crippen LogP contribution in [0.2, 0.25) is 0 Å². The van der Waals surface area contributed by atoms with E-state index in [-0.39, 0.29) is 0 Å². The lowest BCUT2D eigenvalue weighted by Crippen LogP contribution is -2.25. The smallest absolute Gasteiger partial charge is 0.128 e. The van der Waals surface area contributed by atoms with Crippen LogP contribution in [0.25, 0.3) is 0 Å². The maximum absolute atomic E-state index is 10.7. The molecule has 0 aromatic heterocycles. The van der Waals surface area contributed by atoms with Crippen molar-refractivity contribution in [2.75, 3.05) is 14.2 Å². The average molecular weight is 275 g/mol. The van der Waals surface area contributed by atoms with Gasteiger partial charge in [0, 0.05) is 11.6 Å². The van der Waals surface area contributed by atoms with Crippen LogP contribution in [0.1, 0.15) is 37.9 Å². The third-order valence-electron chi connectivity index (χ3n) is 4.28. The number of rotatable bonds is 4. The van der Waals surface area contributed by atoms with Crippen LogP contribution in [0, 0.1) is 22.7 Å². The van der Waals surface area contributed by atoms with Crippen LogP contribution in [0.5, 0.6) is 11.5 Å². The molecular weight excluding hydrogens is 254 g/mol. The Morgan fingerprint density at radius 1 is 1.40 bits per heavy atom. The maximum atomic E-state index is 10.7. The van der Waals surface area contributed by atoms with Crippen molar-refractivity contribution < 1.29 is 14.6 Å². The minimum Gasteiger partial charge on any atom is -0.497 e. The molecule has 1 aliphatic carbocycles. The van der Waals surface area contributed by atoms with E-state index in [1.165, 1.54) is 0 Å². The predicted octanol–water partition coefficient (Wildman–Crippen LogP) is 3.07. The molecule has 0 amide bonds. The molecule has 4 nitrogen and oxygen atoms in total. The lowest BCUT2D eigenvalue weighted by atomic mass is 9.78. The number of nitrogens with zero attached hydrogens (tertiary/aromatic N) is 1. The highest BCUT2D eigenvalue weighted by Crippen LogP contribution is 2.51. The second kappa shape index (κ2) is 5.72. The first-order valence-electron chi connectivity index (χ1n) is 6.87. The van der Waals surface area contributed by atoms with E-state index in [0.29, 0.717) is 23.0 Å². The molecule has 4 heteroatoms. The van der Waals surface area contributed by atoms with Gasteiger partial charge in [-0.05, 0) is 37.3 Å². The summed E-state index contributed by atoms with van der Waals surface area (Å²) < 4.78 is 10.5. The normalized spacial score (nSPS) is 26.9. The fourth-order valence-corrected chi connectivity index (χ4v) is 3.08. The first-order valence-corrected chi connectivity index (χ1v) is 6.87. The number of benzene rings is 1. The van der Waals surface area contributed by atoms with E-state index in [1.54, 1.807) is 32.4 Å². The van der Waals surface area contributed by atoms with Gasteiger partial charge in [0.1, 0.15) is 17.6 Å². The van der Waals surface area contributed by atoms with Gasteiger partial charge >= 0.3 is 0 Å². The van der Waals surface area contributed by atoms with Gasteiger partial charge < -0.3 is 14.6 Å². The van der Waals surface area contributed by atoms with Crippen LogP contribution in [0.4, 0.5) is 0 Å². The van der Waals surface area contributed by atoms with Crippen LogP contribution in [0.15, 0.2) is 18.2 Å². The van der Waals surface area contributed by atoms with Gasteiger partial charge in [-0.3, -0.25) is 0 Å². The second-order valence-corrected chi connectivity index (χ2v) is 5.63. The van der Waals surface area contributed by atoms with Crippen LogP contribution < -0.4 is 9.47 Å². The second-order valence-electron chi connectivity index (χ2n) is 5.63. The van der Waals surface area contributed by atoms with Gasteiger partial charge in [-0.2, -0.15) is 5.26 Å². The van der Waals surface area contributed by atoms with Crippen molar-refractivity contribution >= 4 is 0 Å². The molecule has 20 heavy (non-hydrogen) atoms. The molecule has 0 aliphatic heterocycles. The van der Waals surface area contributed by atoms with E-state index in [2.05, 4.69) is 13.0 Å². The zero-order chi connectivity index (χ0) is 14.8. The van der Waals surface area contributed by atoms with Gasteiger partial charge in [0.25, 0.3) is 0 Å². The van der Waals surface area contributed by atoms with Crippen molar-refractivity contribution in [1.82, 2.24) is 0 Å². The number of methoxy groups -OCH3 is 2. The van der Waals surface area contributed by atoms with Gasteiger partial charge in [0.05, 0.1) is 25.7 Å². The van der Waals surface area contributed by atoms with E-state index >= 15 is 0 Å². The van der Waals surface area contributed by atoms with Gasteiger partial charge in [0.15, 0.2) is 0 Å². The minimum atomic E-state index is -0.835. The van der Waals surface area contributed by atoms with E-state index in [0.717, 1.165) is 19.3 Å². The molecule has 0 heterocycles. The van der Waals surface area contributed by atoms with Crippen LogP contribution in [-0.2, 0) is 0 Å². The number of nitriles is 1. The lowest BCUT2D eigenvalue weighted by molar-refractivity contribution is 0.0624. The molecule has 3 unspecified atom stereocenters. The SMILES string of the molecule is COc1ccc(C(O)C2(C#N)CCC(C)C2)c(OC)c1. The Balaban J connectivity index is 2.38. The van der Waals surface area contributed by atoms with Crippen molar-refractivity contribution in [3.63, 3.8) is 0 Å². The first kappa shape index (κ1) is 14.7. The summed E-state index contributed by atoms with van der Waals surface area (Å²) in [5, 5.41) is 20.3. The summed E-state index contributed by atoms with van der Waals surface area (Å²) in [6, 6.07) is 7.65. The minimum absolute atomic E-state index is 0.466. The Morgan fingerprint density at radius 2 is 2.15 bits per heavy atom. The van der Waals surface area contributed by atoms with Gasteiger partial charge in [-0.15, -0.1) is 0 Å². The van der Waals surface area contributed by atoms with Crippen LogP contribution in [-0.4, -0.2) is 19.3 Å². The molecule has 1 aliphatic rings. The highest BCUT2D eigenvalue weighted by atomic mass is 16.5. The molecule has 1 aromatic carbocycles. The standard InChI is InChI=1S/C16H21NO3/c1-11-6-7-16(9-11,10-17)15(18)13-5-4-12(19-2)8-14(13)20-3/h4-5,8,11,15,18H,6-7,9H2,1-3H3. The Kier molecular flexibility index (Phi) is 4.20. The summed E-state index contributed by atoms with van der Waals surface area (Å²) in [5.41, 5.74) is -0.0506. The molecule has 0 bridgehead atoms. The molecular formula is C16H21NO3. The molecule has 0 radical (unpaired) electrons. The van der Waals surface area contributed by atoms with Crippen molar-refractivity contribution in [3.8, 4) is 17.6 Å². The quantitative estimate of drug-likeness (QED) is 0.917. The summed E-state index contributed by atoms with van der Waals surface area (Å²) in [4.78, 5) is 0. The fraction of sp³-hybridized carbons (Fsp3) is 0.562. The van der Waals surface area contributed by atoms with E-state index in [4.69, 9.17) is 9.47 Å². The van der Waals surface area contributed by atoms with Crippen molar-refractivity contribution in [1.29, 1.82) is 5.26 Å². The molecule has 1 aromatic rings. The largest absolute Gasteiger partial charge is 0.497 e. The number of aliphatic hydroxyl groups is 1. The third-order valence-corrected chi connectivity index (χ3v) is 4.28. The third kappa shape index (κ3) is 2.46. The van der Waals surface area contributed by atoms with Crippen molar-refractivity contribution in [3.05, 3.63) is 23.8 Å². The van der Waals surface area contributed by atoms with Gasteiger partial charge in [-0.25, -0.2) is 0 Å². The van der Waals surface area contributed by atoms with Crippen LogP contribution >= 0.6 is 0 Å². The number of aliphatic hydroxyl groups excluding tert-OH is 1. The maximum Gasteiger partial charge on any atom is 0.128 e. The average Bonchev–Trinajstić information content (AvgIpc) is 2.88. The first-order chi connectivity index (χ1) is 9.56. The highest BCUT2D eigenvalue weighted by molar-refractivity contribution is 5.43. The van der Waals surface area contributed by atoms with Gasteiger partial charge in [-0.1, -0.05) is 6.92 Å². The van der Waals surface area contributed by atoms with Crippen molar-refractivity contribution in [2.24, 2.45) is 11.3 Å². The Morgan fingerprint density at radius 3 is 2.65 bits per heavy atom. The molecule has 2 rings (SSSR count). The van der Waals surface area contributed by atoms with Crippen molar-refractivity contribution in [2.45, 2.75) is 32.3 Å². The predicted molar refractivity (Wildman–Crippen MR) is 75.6 cm³/mol. The fourth-order valence-electron chi connectivity index (χ4n) is 3.08. The zero-order valence-corrected chi connectivity index (χ0v) is 12.2. The van der Waals surface area contributed by atoms with Crippen LogP contribution in [0.3, 0.4) is 0 Å². The molecule has 1 N–H and O–H groups in total. The molecule has 108 valence electrons. The Bertz CT molecular complexity index is 523. The number of ether oxygens (including phenoxy) is 2. The van der Waals surface area contributed by atoms with E-state index in [9.17, 15) is 10.4 Å². The monoisotopic (exact) mass is 275 g/mol. The summed E-state index contributed by atoms with van der Waals surface area (Å²) in [6.45, 7) is 2.12. The summed E-state index contributed by atoms with van der Waals surface area (Å²) in [7, 11) is 3.14. The van der Waals surface area contributed by atoms with E-state index < -0.39 is 11.5 Å². The van der Waals surface area contributed by atoms with E-state index in [1.807, 2.05) is 0 Å². The molecule has 0 saturated heterocycles. The number of hydrogen-bond donors (Lipinski definition) is 1. The zero-order valence-electron chi connectivity index (χ0n) is 12.2. The summed E-state index contributed by atoms with van der Waals surface area (Å²) >= 11 is 0. The molecule has 0 spiro atoms. The Labute approximate surface area is 119 Å². The molecule has 1 fully saturated rings. The highest BCUT2D eigenvalue weighted by Gasteiger charge is 2.45.